The Kier molecular flexibility index (Phi) is 6.92. The summed E-state index contributed by atoms with van der Waals surface area (Å²) in [6.45, 7) is 10.4. The molecule has 0 atom stereocenters. The highest BCUT2D eigenvalue weighted by atomic mass is 19.1. The molecule has 0 saturated heterocycles. The number of aliphatic hydroxyl groups is 1. The third-order valence-corrected chi connectivity index (χ3v) is 5.76. The number of nitrogens with one attached hydrogen (secondary N) is 2. The van der Waals surface area contributed by atoms with Crippen LogP contribution in [0.3, 0.4) is 0 Å². The van der Waals surface area contributed by atoms with Gasteiger partial charge in [-0.15, -0.1) is 0 Å². The van der Waals surface area contributed by atoms with Crippen molar-refractivity contribution in [2.24, 2.45) is 0 Å². The average Bonchev–Trinajstić information content (AvgIpc) is 3.17. The van der Waals surface area contributed by atoms with Crippen molar-refractivity contribution in [2.75, 3.05) is 37.8 Å². The maximum Gasteiger partial charge on any atom is 0.260 e. The van der Waals surface area contributed by atoms with Gasteiger partial charge in [0.15, 0.2) is 0 Å². The number of H-pyrrole nitrogens is 1. The van der Waals surface area contributed by atoms with E-state index in [1.54, 1.807) is 13.0 Å². The minimum atomic E-state index is -0.502. The maximum atomic E-state index is 13.8. The smallest absolute Gasteiger partial charge is 0.260 e. The van der Waals surface area contributed by atoms with Gasteiger partial charge < -0.3 is 20.3 Å². The first-order valence-corrected chi connectivity index (χ1v) is 10.5. The summed E-state index contributed by atoms with van der Waals surface area (Å²) in [5, 5.41) is 12.5. The van der Waals surface area contributed by atoms with E-state index in [2.05, 4.69) is 29.0 Å². The van der Waals surface area contributed by atoms with E-state index in [0.29, 0.717) is 40.3 Å². The van der Waals surface area contributed by atoms with Crippen LogP contribution in [0, 0.1) is 19.7 Å². The first kappa shape index (κ1) is 22.7. The zero-order chi connectivity index (χ0) is 22.7. The molecule has 1 aliphatic rings. The Balaban J connectivity index is 1.89. The number of hydrogen-bond donors (Lipinski definition) is 3. The quantitative estimate of drug-likeness (QED) is 0.564. The van der Waals surface area contributed by atoms with E-state index >= 15 is 0 Å². The van der Waals surface area contributed by atoms with Crippen LogP contribution in [0.5, 0.6) is 0 Å². The minimum absolute atomic E-state index is 0.177. The van der Waals surface area contributed by atoms with Crippen LogP contribution in [-0.2, 0) is 4.79 Å². The number of carbonyl (C=O) groups excluding carboxylic acids is 2. The van der Waals surface area contributed by atoms with Crippen LogP contribution < -0.4 is 10.2 Å². The topological polar surface area (TPSA) is 88.7 Å². The second kappa shape index (κ2) is 9.45. The second-order valence-corrected chi connectivity index (χ2v) is 7.54. The Morgan fingerprint density at radius 2 is 2.00 bits per heavy atom. The summed E-state index contributed by atoms with van der Waals surface area (Å²) in [6.07, 6.45) is 1.62. The molecular formula is C23H29FN4O3. The molecule has 0 fully saturated rings. The summed E-state index contributed by atoms with van der Waals surface area (Å²) in [5.74, 6) is -1.06. The first-order valence-electron chi connectivity index (χ1n) is 10.5. The number of anilines is 1. The van der Waals surface area contributed by atoms with Gasteiger partial charge in [0.2, 0.25) is 0 Å². The fourth-order valence-electron chi connectivity index (χ4n) is 3.97. The van der Waals surface area contributed by atoms with Gasteiger partial charge in [-0.05, 0) is 56.8 Å². The molecule has 0 unspecified atom stereocenters. The van der Waals surface area contributed by atoms with Gasteiger partial charge in [0.25, 0.3) is 11.8 Å². The summed E-state index contributed by atoms with van der Waals surface area (Å²) in [7, 11) is 0. The number of halogens is 1. The summed E-state index contributed by atoms with van der Waals surface area (Å²) < 4.78 is 13.8. The van der Waals surface area contributed by atoms with Gasteiger partial charge in [-0.1, -0.05) is 13.8 Å². The van der Waals surface area contributed by atoms with Gasteiger partial charge in [-0.2, -0.15) is 0 Å². The molecule has 1 aromatic heterocycles. The van der Waals surface area contributed by atoms with Crippen LogP contribution >= 0.6 is 0 Å². The summed E-state index contributed by atoms with van der Waals surface area (Å²) in [4.78, 5) is 32.1. The van der Waals surface area contributed by atoms with Gasteiger partial charge in [-0.3, -0.25) is 14.5 Å². The molecule has 8 heteroatoms. The maximum absolute atomic E-state index is 13.8. The van der Waals surface area contributed by atoms with E-state index < -0.39 is 18.5 Å². The normalized spacial score (nSPS) is 14.6. The number of aryl methyl sites for hydroxylation is 1. The second-order valence-electron chi connectivity index (χ2n) is 7.54. The van der Waals surface area contributed by atoms with E-state index in [9.17, 15) is 19.1 Å². The lowest BCUT2D eigenvalue weighted by Gasteiger charge is -2.18. The fraction of sp³-hybridized carbons (Fsp3) is 0.391. The molecule has 0 aliphatic carbocycles. The summed E-state index contributed by atoms with van der Waals surface area (Å²) >= 11 is 0. The van der Waals surface area contributed by atoms with Crippen LogP contribution in [0.1, 0.15) is 46.7 Å². The van der Waals surface area contributed by atoms with E-state index in [0.717, 1.165) is 19.6 Å². The van der Waals surface area contributed by atoms with Crippen LogP contribution in [0.25, 0.3) is 11.6 Å². The van der Waals surface area contributed by atoms with Crippen LogP contribution in [-0.4, -0.2) is 59.7 Å². The van der Waals surface area contributed by atoms with Crippen LogP contribution in [0.15, 0.2) is 18.2 Å². The van der Waals surface area contributed by atoms with Crippen LogP contribution in [0.4, 0.5) is 10.1 Å². The van der Waals surface area contributed by atoms with Crippen molar-refractivity contribution in [2.45, 2.75) is 27.7 Å². The molecule has 7 nitrogen and oxygen atoms in total. The van der Waals surface area contributed by atoms with E-state index in [1.807, 2.05) is 6.92 Å². The van der Waals surface area contributed by atoms with Gasteiger partial charge in [0.05, 0.1) is 16.8 Å². The highest BCUT2D eigenvalue weighted by Gasteiger charge is 2.32. The van der Waals surface area contributed by atoms with Crippen molar-refractivity contribution in [3.8, 4) is 0 Å². The lowest BCUT2D eigenvalue weighted by Crippen LogP contribution is -2.35. The molecule has 166 valence electrons. The molecular weight excluding hydrogens is 399 g/mol. The Morgan fingerprint density at radius 1 is 1.29 bits per heavy atom. The molecule has 2 aromatic rings. The van der Waals surface area contributed by atoms with Crippen molar-refractivity contribution in [3.63, 3.8) is 0 Å². The highest BCUT2D eigenvalue weighted by Crippen LogP contribution is 2.38. The molecule has 1 aromatic carbocycles. The number of hydrogen-bond acceptors (Lipinski definition) is 4. The number of aromatic nitrogens is 1. The highest BCUT2D eigenvalue weighted by molar-refractivity contribution is 6.35. The molecule has 2 heterocycles. The van der Waals surface area contributed by atoms with E-state index in [1.165, 1.54) is 23.1 Å². The molecule has 0 spiro atoms. The number of benzene rings is 1. The number of amides is 2. The molecule has 3 rings (SSSR count). The standard InChI is InChI=1S/C23H29FN4O3/c1-5-27(6-2)10-9-25-22(30)21-14(3)19(26-15(21)4)12-18-17-11-16(24)7-8-20(17)28(13-29)23(18)31/h7-8,11-12,26,29H,5-6,9-10,13H2,1-4H3,(H,25,30). The number of aromatic amines is 1. The molecule has 3 N–H and O–H groups in total. The third kappa shape index (κ3) is 4.40. The van der Waals surface area contributed by atoms with E-state index in [-0.39, 0.29) is 11.5 Å². The van der Waals surface area contributed by atoms with Gasteiger partial charge >= 0.3 is 0 Å². The van der Waals surface area contributed by atoms with E-state index in [4.69, 9.17) is 0 Å². The van der Waals surface area contributed by atoms with Gasteiger partial charge in [-0.25, -0.2) is 4.39 Å². The van der Waals surface area contributed by atoms with Crippen LogP contribution in [0.2, 0.25) is 0 Å². The number of nitrogens with zero attached hydrogens (tertiary/aromatic N) is 2. The monoisotopic (exact) mass is 428 g/mol. The first-order chi connectivity index (χ1) is 14.8. The SMILES string of the molecule is CCN(CC)CCNC(=O)c1c(C)[nH]c(C=C2C(=O)N(CO)c3ccc(F)cc32)c1C. The van der Waals surface area contributed by atoms with Crippen molar-refractivity contribution < 1.29 is 19.1 Å². The molecule has 31 heavy (non-hydrogen) atoms. The van der Waals surface area contributed by atoms with Crippen molar-refractivity contribution in [3.05, 3.63) is 52.1 Å². The molecule has 2 amide bonds. The molecule has 0 saturated carbocycles. The number of carbonyl (C=O) groups is 2. The zero-order valence-electron chi connectivity index (χ0n) is 18.4. The minimum Gasteiger partial charge on any atom is -0.376 e. The average molecular weight is 429 g/mol. The largest absolute Gasteiger partial charge is 0.376 e. The molecule has 1 aliphatic heterocycles. The summed E-state index contributed by atoms with van der Waals surface area (Å²) in [6, 6.07) is 4.00. The zero-order valence-corrected chi connectivity index (χ0v) is 18.4. The number of likely N-dealkylation sites (N-methyl/N-ethyl adjacent to an activating group) is 1. The summed E-state index contributed by atoms with van der Waals surface area (Å²) in [5.41, 5.74) is 3.67. The van der Waals surface area contributed by atoms with Crippen molar-refractivity contribution in [1.82, 2.24) is 15.2 Å². The van der Waals surface area contributed by atoms with Gasteiger partial charge in [0, 0.05) is 30.0 Å². The fourth-order valence-corrected chi connectivity index (χ4v) is 3.97. The Morgan fingerprint density at radius 3 is 2.65 bits per heavy atom. The lowest BCUT2D eigenvalue weighted by molar-refractivity contribution is -0.113. The number of rotatable bonds is 8. The predicted octanol–water partition coefficient (Wildman–Crippen LogP) is 2.68. The van der Waals surface area contributed by atoms with Crippen molar-refractivity contribution in [1.29, 1.82) is 0 Å². The lowest BCUT2D eigenvalue weighted by atomic mass is 10.0. The Labute approximate surface area is 181 Å². The van der Waals surface area contributed by atoms with Crippen molar-refractivity contribution >= 4 is 29.2 Å². The number of fused-ring (bicyclic) bond motifs is 1. The van der Waals surface area contributed by atoms with Gasteiger partial charge in [0.1, 0.15) is 12.5 Å². The third-order valence-electron chi connectivity index (χ3n) is 5.76. The number of aliphatic hydroxyl groups excluding tert-OH is 1. The molecule has 0 bridgehead atoms. The Hall–Kier alpha value is -2.97. The molecule has 0 radical (unpaired) electrons. The predicted molar refractivity (Wildman–Crippen MR) is 119 cm³/mol. The Bertz CT molecular complexity index is 1020.